The van der Waals surface area contributed by atoms with Gasteiger partial charge in [-0.3, -0.25) is 9.59 Å². The summed E-state index contributed by atoms with van der Waals surface area (Å²) in [5.74, 6) is 3.72. The van der Waals surface area contributed by atoms with Gasteiger partial charge in [0.05, 0.1) is 44.4 Å². The fourth-order valence-electron chi connectivity index (χ4n) is 5.94. The number of piperazine rings is 2. The van der Waals surface area contributed by atoms with Crippen molar-refractivity contribution in [3.63, 3.8) is 0 Å². The number of nitrogens with two attached hydrogens (primary N) is 1. The molecule has 300 valence electrons. The molecule has 3 aromatic rings. The maximum absolute atomic E-state index is 13.2. The molecule has 0 bridgehead atoms. The maximum atomic E-state index is 13.2. The van der Waals surface area contributed by atoms with Gasteiger partial charge in [-0.25, -0.2) is 9.36 Å². The number of carbonyl (C=O) groups excluding carboxylic acids is 2. The highest BCUT2D eigenvalue weighted by molar-refractivity contribution is 5.76. The Hall–Kier alpha value is -5.01. The summed E-state index contributed by atoms with van der Waals surface area (Å²) in [5, 5.41) is 28.7. The molecule has 2 saturated heterocycles. The van der Waals surface area contributed by atoms with Crippen molar-refractivity contribution in [3.05, 3.63) is 23.8 Å². The Morgan fingerprint density at radius 2 is 1.27 bits per heavy atom. The van der Waals surface area contributed by atoms with Crippen LogP contribution < -0.4 is 20.9 Å². The van der Waals surface area contributed by atoms with Gasteiger partial charge >= 0.3 is 0 Å². The molecular weight excluding hydrogens is 714 g/mol. The van der Waals surface area contributed by atoms with Crippen LogP contribution in [0.1, 0.15) is 24.2 Å². The second kappa shape index (κ2) is 22.4. The normalized spacial score (nSPS) is 14.7. The monoisotopic (exact) mass is 767 g/mol. The number of carbonyl (C=O) groups is 2. The van der Waals surface area contributed by atoms with E-state index in [1.54, 1.807) is 15.8 Å². The molecule has 0 spiro atoms. The zero-order chi connectivity index (χ0) is 38.7. The van der Waals surface area contributed by atoms with Crippen LogP contribution in [-0.4, -0.2) is 183 Å². The van der Waals surface area contributed by atoms with Crippen molar-refractivity contribution < 1.29 is 28.9 Å². The molecule has 4 N–H and O–H groups in total. The van der Waals surface area contributed by atoms with Crippen LogP contribution in [0.4, 0.5) is 17.8 Å². The third-order valence-corrected chi connectivity index (χ3v) is 8.92. The van der Waals surface area contributed by atoms with Gasteiger partial charge in [0.1, 0.15) is 19.7 Å². The first-order chi connectivity index (χ1) is 26.9. The average Bonchev–Trinajstić information content (AvgIpc) is 3.85. The lowest BCUT2D eigenvalue weighted by molar-refractivity contribution is -0.133. The minimum absolute atomic E-state index is 0.0267. The van der Waals surface area contributed by atoms with Gasteiger partial charge < -0.3 is 50.0 Å². The van der Waals surface area contributed by atoms with E-state index < -0.39 is 0 Å². The van der Waals surface area contributed by atoms with E-state index in [2.05, 4.69) is 36.8 Å². The van der Waals surface area contributed by atoms with Crippen LogP contribution >= 0.6 is 0 Å². The fourth-order valence-corrected chi connectivity index (χ4v) is 5.94. The van der Waals surface area contributed by atoms with Crippen LogP contribution in [-0.2, 0) is 49.7 Å². The van der Waals surface area contributed by atoms with Gasteiger partial charge in [-0.2, -0.15) is 15.0 Å². The first-order valence-corrected chi connectivity index (χ1v) is 18.8. The summed E-state index contributed by atoms with van der Waals surface area (Å²) in [4.78, 5) is 48.2. The number of nitrogens with one attached hydrogen (secondary N) is 1. The van der Waals surface area contributed by atoms with Gasteiger partial charge in [0.15, 0.2) is 0 Å². The van der Waals surface area contributed by atoms with Crippen LogP contribution in [0.15, 0.2) is 12.4 Å². The molecule has 0 radical (unpaired) electrons. The number of hydrogen-bond acceptors (Lipinski definition) is 17. The standard InChI is InChI=1S/C34H53N15O6/c1-2-18-53-20-22-55-23-21-54-19-8-36-32-37-33(46-13-9-44(10-14-46)30(51)26-48-24-28(40-42-48)5-3-4-7-35)39-34(38-32)47-15-11-45(12-16-47)31(52)27-49-25-29(6-17-50)41-43-49/h1,24-25,50H,3-23,26-27,35H2,(H,36,37,38,39). The number of aryl methyl sites for hydroxylation is 1. The highest BCUT2D eigenvalue weighted by Crippen LogP contribution is 2.20. The van der Waals surface area contributed by atoms with Crippen LogP contribution in [0.3, 0.4) is 0 Å². The van der Waals surface area contributed by atoms with Gasteiger partial charge in [-0.1, -0.05) is 16.3 Å². The van der Waals surface area contributed by atoms with Crippen molar-refractivity contribution in [3.8, 4) is 12.3 Å². The number of aliphatic hydroxyl groups is 1. The minimum atomic E-state index is -0.0689. The summed E-state index contributed by atoms with van der Waals surface area (Å²) in [6.07, 6.45) is 11.7. The van der Waals surface area contributed by atoms with E-state index in [0.717, 1.165) is 25.0 Å². The van der Waals surface area contributed by atoms with Crippen LogP contribution in [0.5, 0.6) is 0 Å². The zero-order valence-corrected chi connectivity index (χ0v) is 31.4. The predicted molar refractivity (Wildman–Crippen MR) is 200 cm³/mol. The molecule has 0 atom stereocenters. The zero-order valence-electron chi connectivity index (χ0n) is 31.4. The van der Waals surface area contributed by atoms with Crippen LogP contribution in [0, 0.1) is 12.3 Å². The number of anilines is 3. The number of rotatable bonds is 23. The number of amides is 2. The maximum Gasteiger partial charge on any atom is 0.244 e. The second-order valence-electron chi connectivity index (χ2n) is 12.9. The Morgan fingerprint density at radius 3 is 1.80 bits per heavy atom. The molecule has 2 fully saturated rings. The smallest absolute Gasteiger partial charge is 0.244 e. The first-order valence-electron chi connectivity index (χ1n) is 18.8. The molecule has 2 aliphatic heterocycles. The summed E-state index contributed by atoms with van der Waals surface area (Å²) in [7, 11) is 0. The van der Waals surface area contributed by atoms with Crippen LogP contribution in [0.2, 0.25) is 0 Å². The third-order valence-electron chi connectivity index (χ3n) is 8.92. The van der Waals surface area contributed by atoms with E-state index >= 15 is 0 Å². The molecule has 0 aliphatic carbocycles. The van der Waals surface area contributed by atoms with E-state index in [-0.39, 0.29) is 38.1 Å². The van der Waals surface area contributed by atoms with E-state index in [0.29, 0.717) is 128 Å². The van der Waals surface area contributed by atoms with Crippen molar-refractivity contribution in [2.24, 2.45) is 5.73 Å². The van der Waals surface area contributed by atoms with Crippen molar-refractivity contribution in [2.45, 2.75) is 38.8 Å². The van der Waals surface area contributed by atoms with Gasteiger partial charge in [0.2, 0.25) is 29.7 Å². The highest BCUT2D eigenvalue weighted by atomic mass is 16.5. The molecule has 21 heteroatoms. The lowest BCUT2D eigenvalue weighted by atomic mass is 10.2. The number of terminal acetylenes is 1. The van der Waals surface area contributed by atoms with Gasteiger partial charge in [0.25, 0.3) is 0 Å². The summed E-state index contributed by atoms with van der Waals surface area (Å²) in [5.41, 5.74) is 7.08. The topological polar surface area (TPSA) is 233 Å². The van der Waals surface area contributed by atoms with E-state index in [1.165, 1.54) is 4.68 Å². The largest absolute Gasteiger partial charge is 0.396 e. The van der Waals surface area contributed by atoms with Crippen LogP contribution in [0.25, 0.3) is 0 Å². The summed E-state index contributed by atoms with van der Waals surface area (Å²) in [6, 6.07) is 0. The number of nitrogens with zero attached hydrogens (tertiary/aromatic N) is 13. The molecule has 2 amide bonds. The van der Waals surface area contributed by atoms with Crippen molar-refractivity contribution in [1.82, 2.24) is 54.7 Å². The number of hydrogen-bond donors (Lipinski definition) is 3. The molecule has 5 heterocycles. The number of aromatic nitrogens is 9. The molecule has 0 unspecified atom stereocenters. The minimum Gasteiger partial charge on any atom is -0.396 e. The molecule has 3 aromatic heterocycles. The molecule has 5 rings (SSSR count). The number of aliphatic hydroxyl groups excluding tert-OH is 1. The van der Waals surface area contributed by atoms with Crippen molar-refractivity contribution >= 4 is 29.7 Å². The number of unbranched alkanes of at least 4 members (excludes halogenated alkanes) is 1. The molecule has 0 saturated carbocycles. The third kappa shape index (κ3) is 13.4. The van der Waals surface area contributed by atoms with Gasteiger partial charge in [-0.05, 0) is 25.8 Å². The molecule has 0 aromatic carbocycles. The first kappa shape index (κ1) is 41.2. The Balaban J connectivity index is 1.14. The predicted octanol–water partition coefficient (Wildman–Crippen LogP) is -2.34. The molecule has 21 nitrogen and oxygen atoms in total. The number of ether oxygens (including phenoxy) is 3. The molecule has 55 heavy (non-hydrogen) atoms. The Kier molecular flexibility index (Phi) is 16.8. The Morgan fingerprint density at radius 1 is 0.745 bits per heavy atom. The summed E-state index contributed by atoms with van der Waals surface area (Å²) < 4.78 is 19.5. The van der Waals surface area contributed by atoms with Crippen molar-refractivity contribution in [1.29, 1.82) is 0 Å². The quantitative estimate of drug-likeness (QED) is 0.0678. The van der Waals surface area contributed by atoms with E-state index in [4.69, 9.17) is 46.4 Å². The SMILES string of the molecule is C#CCOCCOCCOCCNc1nc(N2CCN(C(=O)Cn3cc(CCO)nn3)CC2)nc(N2CCN(C(=O)Cn3cc(CCCCN)nn3)CC2)n1. The molecular formula is C34H53N15O6. The fraction of sp³-hybridized carbons (Fsp3) is 0.676. The van der Waals surface area contributed by atoms with E-state index in [9.17, 15) is 9.59 Å². The van der Waals surface area contributed by atoms with E-state index in [1.807, 2.05) is 16.0 Å². The lowest BCUT2D eigenvalue weighted by Crippen LogP contribution is -2.51. The Bertz CT molecular complexity index is 1650. The average molecular weight is 768 g/mol. The van der Waals surface area contributed by atoms with Gasteiger partial charge in [0, 0.05) is 84.3 Å². The van der Waals surface area contributed by atoms with Gasteiger partial charge in [-0.15, -0.1) is 16.6 Å². The summed E-state index contributed by atoms with van der Waals surface area (Å²) in [6.45, 7) is 7.75. The highest BCUT2D eigenvalue weighted by Gasteiger charge is 2.27. The molecule has 2 aliphatic rings. The van der Waals surface area contributed by atoms with Crippen molar-refractivity contribution in [2.75, 3.05) is 127 Å². The second-order valence-corrected chi connectivity index (χ2v) is 12.9. The Labute approximate surface area is 320 Å². The summed E-state index contributed by atoms with van der Waals surface area (Å²) >= 11 is 0. The lowest BCUT2D eigenvalue weighted by Gasteiger charge is -2.36.